The Morgan fingerprint density at radius 2 is 2.00 bits per heavy atom. The number of benzene rings is 1. The van der Waals surface area contributed by atoms with E-state index in [9.17, 15) is 0 Å². The Balaban J connectivity index is 2.14. The molecule has 0 saturated carbocycles. The smallest absolute Gasteiger partial charge is 0.152 e. The fraction of sp³-hybridized carbons (Fsp3) is 0.143. The lowest BCUT2D eigenvalue weighted by Crippen LogP contribution is -2.23. The first-order valence-corrected chi connectivity index (χ1v) is 6.64. The van der Waals surface area contributed by atoms with E-state index in [1.165, 1.54) is 0 Å². The molecule has 0 fully saturated rings. The van der Waals surface area contributed by atoms with Gasteiger partial charge in [0.25, 0.3) is 0 Å². The van der Waals surface area contributed by atoms with Gasteiger partial charge in [0.2, 0.25) is 0 Å². The molecule has 0 N–H and O–H groups in total. The van der Waals surface area contributed by atoms with E-state index in [4.69, 9.17) is 23.2 Å². The number of pyridine rings is 1. The molecule has 1 aromatic heterocycles. The normalized spacial score (nSPS) is 13.5. The van der Waals surface area contributed by atoms with Crippen LogP contribution in [0.4, 0.5) is 17.2 Å². The van der Waals surface area contributed by atoms with Crippen molar-refractivity contribution in [1.29, 1.82) is 0 Å². The zero-order chi connectivity index (χ0) is 13.4. The van der Waals surface area contributed by atoms with Crippen molar-refractivity contribution >= 4 is 46.6 Å². The van der Waals surface area contributed by atoms with Gasteiger partial charge in [-0.15, -0.1) is 0 Å². The van der Waals surface area contributed by atoms with E-state index in [0.717, 1.165) is 16.9 Å². The minimum Gasteiger partial charge on any atom is -0.318 e. The summed E-state index contributed by atoms with van der Waals surface area (Å²) < 4.78 is 0. The molecule has 0 aliphatic carbocycles. The minimum absolute atomic E-state index is 0.577. The Kier molecular flexibility index (Phi) is 3.17. The highest BCUT2D eigenvalue weighted by atomic mass is 35.5. The lowest BCUT2D eigenvalue weighted by Gasteiger charge is -2.27. The van der Waals surface area contributed by atoms with Gasteiger partial charge in [-0.25, -0.2) is 4.98 Å². The maximum absolute atomic E-state index is 6.37. The standard InChI is InChI=1S/C14H11Cl2N3/c1-9-10(15)8-18-14(13(9)16)19-7-6-17-11-4-2-3-5-12(11)19/h2-6,8H,7H2,1H3. The van der Waals surface area contributed by atoms with E-state index in [1.807, 2.05) is 42.3 Å². The highest BCUT2D eigenvalue weighted by Gasteiger charge is 2.20. The Hall–Kier alpha value is -1.58. The second-order valence-electron chi connectivity index (χ2n) is 4.28. The summed E-state index contributed by atoms with van der Waals surface area (Å²) in [5, 5.41) is 1.16. The number of halogens is 2. The summed E-state index contributed by atoms with van der Waals surface area (Å²) in [5.74, 6) is 0.710. The Labute approximate surface area is 121 Å². The van der Waals surface area contributed by atoms with Crippen LogP contribution in [0, 0.1) is 6.92 Å². The van der Waals surface area contributed by atoms with Crippen LogP contribution < -0.4 is 4.90 Å². The summed E-state index contributed by atoms with van der Waals surface area (Å²) in [7, 11) is 0. The number of hydrogen-bond donors (Lipinski definition) is 0. The van der Waals surface area contributed by atoms with E-state index < -0.39 is 0 Å². The van der Waals surface area contributed by atoms with Crippen molar-refractivity contribution in [3.8, 4) is 0 Å². The number of rotatable bonds is 1. The quantitative estimate of drug-likeness (QED) is 0.771. The lowest BCUT2D eigenvalue weighted by atomic mass is 10.2. The van der Waals surface area contributed by atoms with Crippen LogP contribution in [0.25, 0.3) is 0 Å². The van der Waals surface area contributed by atoms with Crippen LogP contribution in [0.3, 0.4) is 0 Å². The third-order valence-corrected chi connectivity index (χ3v) is 3.94. The molecule has 3 nitrogen and oxygen atoms in total. The number of anilines is 2. The molecular weight excluding hydrogens is 281 g/mol. The number of aliphatic imine (C=N–C) groups is 1. The molecule has 0 bridgehead atoms. The van der Waals surface area contributed by atoms with Crippen LogP contribution >= 0.6 is 23.2 Å². The summed E-state index contributed by atoms with van der Waals surface area (Å²) in [5.41, 5.74) is 2.76. The van der Waals surface area contributed by atoms with Gasteiger partial charge in [-0.05, 0) is 24.6 Å². The van der Waals surface area contributed by atoms with Gasteiger partial charge in [0.05, 0.1) is 28.0 Å². The van der Waals surface area contributed by atoms with Gasteiger partial charge < -0.3 is 4.90 Å². The van der Waals surface area contributed by atoms with Gasteiger partial charge >= 0.3 is 0 Å². The van der Waals surface area contributed by atoms with Gasteiger partial charge in [-0.1, -0.05) is 35.3 Å². The summed E-state index contributed by atoms with van der Waals surface area (Å²) in [6.07, 6.45) is 3.48. The molecule has 2 heterocycles. The predicted molar refractivity (Wildman–Crippen MR) is 80.6 cm³/mol. The van der Waals surface area contributed by atoms with Crippen LogP contribution in [0.5, 0.6) is 0 Å². The number of para-hydroxylation sites is 2. The molecule has 19 heavy (non-hydrogen) atoms. The molecule has 1 aliphatic heterocycles. The van der Waals surface area contributed by atoms with Gasteiger partial charge in [0.15, 0.2) is 5.82 Å². The molecule has 96 valence electrons. The monoisotopic (exact) mass is 291 g/mol. The number of nitrogens with zero attached hydrogens (tertiary/aromatic N) is 3. The van der Waals surface area contributed by atoms with Crippen LogP contribution in [-0.4, -0.2) is 17.7 Å². The summed E-state index contributed by atoms with van der Waals surface area (Å²) in [6.45, 7) is 2.53. The molecule has 0 radical (unpaired) electrons. The molecule has 1 aromatic carbocycles. The van der Waals surface area contributed by atoms with E-state index in [2.05, 4.69) is 9.98 Å². The Morgan fingerprint density at radius 3 is 2.84 bits per heavy atom. The molecule has 0 unspecified atom stereocenters. The van der Waals surface area contributed by atoms with E-state index >= 15 is 0 Å². The van der Waals surface area contributed by atoms with Crippen LogP contribution in [0.1, 0.15) is 5.56 Å². The largest absolute Gasteiger partial charge is 0.318 e. The number of hydrogen-bond acceptors (Lipinski definition) is 3. The van der Waals surface area contributed by atoms with E-state index in [1.54, 1.807) is 6.20 Å². The maximum Gasteiger partial charge on any atom is 0.152 e. The molecule has 2 aromatic rings. The first-order chi connectivity index (χ1) is 9.18. The van der Waals surface area contributed by atoms with Crippen molar-refractivity contribution < 1.29 is 0 Å². The second-order valence-corrected chi connectivity index (χ2v) is 5.06. The van der Waals surface area contributed by atoms with Crippen molar-refractivity contribution in [2.45, 2.75) is 6.92 Å². The zero-order valence-corrected chi connectivity index (χ0v) is 11.8. The van der Waals surface area contributed by atoms with Gasteiger partial charge in [-0.3, -0.25) is 4.99 Å². The summed E-state index contributed by atoms with van der Waals surface area (Å²) in [4.78, 5) is 10.8. The third-order valence-electron chi connectivity index (χ3n) is 3.11. The molecule has 0 spiro atoms. The third kappa shape index (κ3) is 2.09. The van der Waals surface area contributed by atoms with Crippen LogP contribution in [0.15, 0.2) is 35.5 Å². The topological polar surface area (TPSA) is 28.5 Å². The second kappa shape index (κ2) is 4.83. The molecule has 1 aliphatic rings. The minimum atomic E-state index is 0.577. The van der Waals surface area contributed by atoms with Crippen molar-refractivity contribution in [3.63, 3.8) is 0 Å². The number of fused-ring (bicyclic) bond motifs is 1. The molecule has 3 rings (SSSR count). The SMILES string of the molecule is Cc1c(Cl)cnc(N2CC=Nc3ccccc32)c1Cl. The summed E-state index contributed by atoms with van der Waals surface area (Å²) in [6, 6.07) is 7.91. The predicted octanol–water partition coefficient (Wildman–Crippen LogP) is 4.55. The molecule has 0 amide bonds. The van der Waals surface area contributed by atoms with Gasteiger partial charge in [0.1, 0.15) is 0 Å². The van der Waals surface area contributed by atoms with Crippen LogP contribution in [0.2, 0.25) is 10.0 Å². The van der Waals surface area contributed by atoms with Crippen molar-refractivity contribution in [3.05, 3.63) is 46.1 Å². The van der Waals surface area contributed by atoms with Crippen molar-refractivity contribution in [2.24, 2.45) is 4.99 Å². The Bertz CT molecular complexity index is 668. The highest BCUT2D eigenvalue weighted by Crippen LogP contribution is 2.39. The highest BCUT2D eigenvalue weighted by molar-refractivity contribution is 6.37. The average molecular weight is 292 g/mol. The molecular formula is C14H11Cl2N3. The van der Waals surface area contributed by atoms with E-state index in [0.29, 0.717) is 22.4 Å². The lowest BCUT2D eigenvalue weighted by molar-refractivity contribution is 1.06. The Morgan fingerprint density at radius 1 is 1.21 bits per heavy atom. The fourth-order valence-electron chi connectivity index (χ4n) is 2.05. The van der Waals surface area contributed by atoms with Gasteiger partial charge in [-0.2, -0.15) is 0 Å². The molecule has 0 saturated heterocycles. The molecule has 0 atom stereocenters. The van der Waals surface area contributed by atoms with Gasteiger partial charge in [0, 0.05) is 12.4 Å². The first-order valence-electron chi connectivity index (χ1n) is 5.88. The number of aromatic nitrogens is 1. The first kappa shape index (κ1) is 12.5. The molecule has 5 heteroatoms. The average Bonchev–Trinajstić information content (AvgIpc) is 2.45. The summed E-state index contributed by atoms with van der Waals surface area (Å²) >= 11 is 12.4. The van der Waals surface area contributed by atoms with Crippen molar-refractivity contribution in [1.82, 2.24) is 4.98 Å². The van der Waals surface area contributed by atoms with Crippen molar-refractivity contribution in [2.75, 3.05) is 11.4 Å². The fourth-order valence-corrected chi connectivity index (χ4v) is 2.50. The van der Waals surface area contributed by atoms with Crippen LogP contribution in [-0.2, 0) is 0 Å². The zero-order valence-electron chi connectivity index (χ0n) is 10.3. The van der Waals surface area contributed by atoms with E-state index in [-0.39, 0.29) is 0 Å². The maximum atomic E-state index is 6.37.